The molecular weight excluding hydrogens is 376 g/mol. The van der Waals surface area contributed by atoms with Gasteiger partial charge < -0.3 is 32.6 Å². The topological polar surface area (TPSA) is 70.1 Å². The molecule has 0 radical (unpaired) electrons. The van der Waals surface area contributed by atoms with Crippen LogP contribution >= 0.6 is 0 Å². The molecule has 2 rings (SSSR count). The number of halogens is 3. The Balaban J connectivity index is 2.20. The predicted molar refractivity (Wildman–Crippen MR) is 101 cm³/mol. The molecular formula is C18H25BF3N2O4-. The number of hydrogen-bond acceptors (Lipinski definition) is 4. The first kappa shape index (κ1) is 21.9. The quantitative estimate of drug-likeness (QED) is 0.780. The summed E-state index contributed by atoms with van der Waals surface area (Å²) < 4.78 is 44.2. The largest absolute Gasteiger partial charge is 0.482 e. The van der Waals surface area contributed by atoms with Crippen LogP contribution in [-0.4, -0.2) is 60.8 Å². The van der Waals surface area contributed by atoms with Crippen LogP contribution in [-0.2, 0) is 11.1 Å². The van der Waals surface area contributed by atoms with Gasteiger partial charge in [-0.05, 0) is 45.4 Å². The zero-order valence-corrected chi connectivity index (χ0v) is 16.5. The number of carboxylic acid groups (broad SMARTS) is 1. The van der Waals surface area contributed by atoms with Gasteiger partial charge in [0.05, 0.1) is 5.56 Å². The van der Waals surface area contributed by atoms with E-state index >= 15 is 0 Å². The van der Waals surface area contributed by atoms with E-state index in [-0.39, 0.29) is 16.7 Å². The van der Waals surface area contributed by atoms with Crippen LogP contribution in [0.3, 0.4) is 0 Å². The highest BCUT2D eigenvalue weighted by atomic mass is 19.4. The number of ether oxygens (including phenoxy) is 1. The van der Waals surface area contributed by atoms with Crippen LogP contribution in [0.15, 0.2) is 12.1 Å². The maximum Gasteiger partial charge on any atom is 0.482 e. The van der Waals surface area contributed by atoms with Crippen LogP contribution in [0.1, 0.15) is 42.3 Å². The van der Waals surface area contributed by atoms with Gasteiger partial charge in [0.1, 0.15) is 5.60 Å². The molecule has 1 aliphatic heterocycles. The van der Waals surface area contributed by atoms with Crippen molar-refractivity contribution in [2.45, 2.75) is 39.6 Å². The van der Waals surface area contributed by atoms with Gasteiger partial charge in [-0.1, -0.05) is 11.9 Å². The smallest absolute Gasteiger partial charge is 0.478 e. The number of carboxylic acids is 1. The summed E-state index contributed by atoms with van der Waals surface area (Å²) in [5, 5.41) is 9.37. The summed E-state index contributed by atoms with van der Waals surface area (Å²) in [6.45, 7) is 3.03. The summed E-state index contributed by atoms with van der Waals surface area (Å²) in [5.41, 5.74) is -0.237. The van der Waals surface area contributed by atoms with E-state index in [1.54, 1.807) is 25.7 Å². The van der Waals surface area contributed by atoms with Gasteiger partial charge in [0.2, 0.25) is 0 Å². The first-order valence-electron chi connectivity index (χ1n) is 9.07. The third kappa shape index (κ3) is 5.80. The average molecular weight is 401 g/mol. The van der Waals surface area contributed by atoms with Crippen molar-refractivity contribution < 1.29 is 32.4 Å². The van der Waals surface area contributed by atoms with Crippen LogP contribution in [0.4, 0.5) is 23.4 Å². The molecule has 0 aromatic heterocycles. The van der Waals surface area contributed by atoms with Gasteiger partial charge in [-0.3, -0.25) is 0 Å². The minimum atomic E-state index is -5.09. The number of hydrogen-bond donors (Lipinski definition) is 1. The summed E-state index contributed by atoms with van der Waals surface area (Å²) >= 11 is 0. The second-order valence-corrected chi connectivity index (χ2v) is 7.95. The van der Waals surface area contributed by atoms with Crippen LogP contribution < -0.4 is 4.90 Å². The Morgan fingerprint density at radius 1 is 1.14 bits per heavy atom. The molecule has 1 aromatic carbocycles. The van der Waals surface area contributed by atoms with Crippen molar-refractivity contribution in [2.24, 2.45) is 0 Å². The maximum atomic E-state index is 12.9. The number of rotatable bonds is 4. The van der Waals surface area contributed by atoms with E-state index in [4.69, 9.17) is 4.74 Å². The molecule has 6 nitrogen and oxygen atoms in total. The van der Waals surface area contributed by atoms with Crippen molar-refractivity contribution in [3.05, 3.63) is 28.8 Å². The van der Waals surface area contributed by atoms with Gasteiger partial charge in [0.15, 0.2) is 0 Å². The van der Waals surface area contributed by atoms with Gasteiger partial charge in [0, 0.05) is 31.9 Å². The molecule has 0 bridgehead atoms. The minimum absolute atomic E-state index is 0.0306. The summed E-state index contributed by atoms with van der Waals surface area (Å²) in [5.74, 6) is -1.26. The average Bonchev–Trinajstić information content (AvgIpc) is 2.53. The molecule has 1 heterocycles. The Kier molecular flexibility index (Phi) is 6.20. The van der Waals surface area contributed by atoms with Gasteiger partial charge in [0.25, 0.3) is 0 Å². The fourth-order valence-electron chi connectivity index (χ4n) is 3.10. The molecule has 10 heteroatoms. The van der Waals surface area contributed by atoms with Gasteiger partial charge in [-0.15, -0.1) is 0 Å². The molecule has 1 amide bonds. The zero-order chi connectivity index (χ0) is 21.3. The molecule has 1 aliphatic rings. The first-order valence-corrected chi connectivity index (χ1v) is 9.07. The Labute approximate surface area is 162 Å². The fourth-order valence-corrected chi connectivity index (χ4v) is 3.10. The monoisotopic (exact) mass is 401 g/mol. The number of piperazine rings is 1. The highest BCUT2D eigenvalue weighted by Crippen LogP contribution is 2.28. The second kappa shape index (κ2) is 7.93. The van der Waals surface area contributed by atoms with E-state index in [2.05, 4.69) is 0 Å². The van der Waals surface area contributed by atoms with E-state index in [0.29, 0.717) is 31.9 Å². The fraction of sp³-hybridized carbons (Fsp3) is 0.556. The summed E-state index contributed by atoms with van der Waals surface area (Å²) in [6, 6.07) is 2.80. The van der Waals surface area contributed by atoms with Crippen LogP contribution in [0.25, 0.3) is 0 Å². The number of nitrogens with zero attached hydrogens (tertiary/aromatic N) is 2. The number of benzene rings is 1. The molecule has 156 valence electrons. The molecule has 0 unspecified atom stereocenters. The number of amides is 1. The molecule has 0 saturated carbocycles. The minimum Gasteiger partial charge on any atom is -0.478 e. The summed E-state index contributed by atoms with van der Waals surface area (Å²) in [4.78, 5) is 27.0. The molecule has 1 saturated heterocycles. The Hall–Kier alpha value is -2.39. The Bertz CT molecular complexity index is 754. The molecule has 1 fully saturated rings. The molecule has 1 aromatic rings. The van der Waals surface area contributed by atoms with Crippen molar-refractivity contribution in [1.29, 1.82) is 0 Å². The second-order valence-electron chi connectivity index (χ2n) is 7.95. The SMILES string of the molecule is Cc1c(C[B-](F)(F)F)cc(N2CCN(C(=O)OC(C)(C)C)CC2)cc1C(=O)O. The van der Waals surface area contributed by atoms with Crippen molar-refractivity contribution in [2.75, 3.05) is 31.1 Å². The third-order valence-electron chi connectivity index (χ3n) is 4.48. The van der Waals surface area contributed by atoms with E-state index in [9.17, 15) is 27.6 Å². The summed E-state index contributed by atoms with van der Waals surface area (Å²) in [7, 11) is 0. The van der Waals surface area contributed by atoms with Crippen molar-refractivity contribution >= 4 is 24.7 Å². The van der Waals surface area contributed by atoms with E-state index in [1.807, 2.05) is 0 Å². The lowest BCUT2D eigenvalue weighted by molar-refractivity contribution is 0.0240. The normalized spacial score (nSPS) is 15.5. The first-order chi connectivity index (χ1) is 12.8. The molecule has 0 spiro atoms. The van der Waals surface area contributed by atoms with E-state index < -0.39 is 31.0 Å². The van der Waals surface area contributed by atoms with Crippen molar-refractivity contribution in [1.82, 2.24) is 4.90 Å². The lowest BCUT2D eigenvalue weighted by Gasteiger charge is -2.37. The molecule has 1 N–H and O–H groups in total. The standard InChI is InChI=1S/C18H25BF3N2O4/c1-12-13(11-19(20,21)22)9-14(10-15(12)16(25)26)23-5-7-24(8-6-23)17(27)28-18(2,3)4/h9-10H,5-8,11H2,1-4H3,(H,25,26)/q-1. The molecule has 28 heavy (non-hydrogen) atoms. The Morgan fingerprint density at radius 3 is 2.18 bits per heavy atom. The van der Waals surface area contributed by atoms with E-state index in [1.165, 1.54) is 24.0 Å². The maximum absolute atomic E-state index is 12.9. The lowest BCUT2D eigenvalue weighted by atomic mass is 9.79. The zero-order valence-electron chi connectivity index (χ0n) is 16.5. The number of aromatic carboxylic acids is 1. The predicted octanol–water partition coefficient (Wildman–Crippen LogP) is 3.68. The van der Waals surface area contributed by atoms with E-state index in [0.717, 1.165) is 0 Å². The summed E-state index contributed by atoms with van der Waals surface area (Å²) in [6.07, 6.45) is -1.57. The highest BCUT2D eigenvalue weighted by molar-refractivity contribution is 6.57. The van der Waals surface area contributed by atoms with Crippen molar-refractivity contribution in [3.8, 4) is 0 Å². The number of anilines is 1. The lowest BCUT2D eigenvalue weighted by Crippen LogP contribution is -2.50. The van der Waals surface area contributed by atoms with Crippen molar-refractivity contribution in [3.63, 3.8) is 0 Å². The Morgan fingerprint density at radius 2 is 1.71 bits per heavy atom. The number of carbonyl (C=O) groups is 2. The van der Waals surface area contributed by atoms with Gasteiger partial charge in [-0.2, -0.15) is 0 Å². The van der Waals surface area contributed by atoms with Crippen LogP contribution in [0.2, 0.25) is 0 Å². The van der Waals surface area contributed by atoms with Gasteiger partial charge >= 0.3 is 19.0 Å². The van der Waals surface area contributed by atoms with Crippen LogP contribution in [0, 0.1) is 6.92 Å². The highest BCUT2D eigenvalue weighted by Gasteiger charge is 2.29. The van der Waals surface area contributed by atoms with Crippen LogP contribution in [0.5, 0.6) is 0 Å². The molecule has 0 atom stereocenters. The van der Waals surface area contributed by atoms with Gasteiger partial charge in [-0.25, -0.2) is 9.59 Å². The third-order valence-corrected chi connectivity index (χ3v) is 4.48. The number of carbonyl (C=O) groups excluding carboxylic acids is 1. The molecule has 0 aliphatic carbocycles.